The van der Waals surface area contributed by atoms with Gasteiger partial charge in [-0.05, 0) is 52.2 Å². The first-order valence-electron chi connectivity index (χ1n) is 8.41. The second-order valence-electron chi connectivity index (χ2n) is 7.63. The summed E-state index contributed by atoms with van der Waals surface area (Å²) in [5, 5.41) is 0. The molecule has 0 bridgehead atoms. The van der Waals surface area contributed by atoms with Crippen molar-refractivity contribution < 1.29 is 0 Å². The van der Waals surface area contributed by atoms with Gasteiger partial charge in [-0.25, -0.2) is 0 Å². The molecule has 0 aromatic carbocycles. The fraction of sp³-hybridized carbons (Fsp3) is 1.00. The molecule has 0 saturated carbocycles. The summed E-state index contributed by atoms with van der Waals surface area (Å²) < 4.78 is 0. The zero-order chi connectivity index (χ0) is 14.3. The molecule has 0 aromatic heterocycles. The standard InChI is InChI=1S/C16H32N4/c1-13-10-20(11-15(13)18(2)3)16(12-17)6-8-19-7-4-5-14(19)9-16/h13-15H,4-12,17H2,1-3H3. The van der Waals surface area contributed by atoms with Gasteiger partial charge in [0.15, 0.2) is 0 Å². The van der Waals surface area contributed by atoms with Crippen LogP contribution in [0.2, 0.25) is 0 Å². The van der Waals surface area contributed by atoms with Crippen LogP contribution in [0.25, 0.3) is 0 Å². The highest BCUT2D eigenvalue weighted by molar-refractivity contribution is 5.05. The van der Waals surface area contributed by atoms with Gasteiger partial charge in [0.2, 0.25) is 0 Å². The van der Waals surface area contributed by atoms with Crippen LogP contribution in [-0.2, 0) is 0 Å². The quantitative estimate of drug-likeness (QED) is 0.830. The van der Waals surface area contributed by atoms with Crippen molar-refractivity contribution in [1.82, 2.24) is 14.7 Å². The van der Waals surface area contributed by atoms with Gasteiger partial charge in [0.1, 0.15) is 0 Å². The molecule has 4 unspecified atom stereocenters. The minimum Gasteiger partial charge on any atom is -0.329 e. The molecule has 20 heavy (non-hydrogen) atoms. The summed E-state index contributed by atoms with van der Waals surface area (Å²) in [5.41, 5.74) is 6.58. The topological polar surface area (TPSA) is 35.7 Å². The van der Waals surface area contributed by atoms with Crippen LogP contribution >= 0.6 is 0 Å². The van der Waals surface area contributed by atoms with Gasteiger partial charge < -0.3 is 15.5 Å². The van der Waals surface area contributed by atoms with E-state index in [2.05, 4.69) is 35.7 Å². The van der Waals surface area contributed by atoms with Crippen molar-refractivity contribution >= 4 is 0 Å². The van der Waals surface area contributed by atoms with E-state index < -0.39 is 0 Å². The van der Waals surface area contributed by atoms with E-state index in [1.807, 2.05) is 0 Å². The molecule has 3 fully saturated rings. The molecule has 3 rings (SSSR count). The highest BCUT2D eigenvalue weighted by atomic mass is 15.3. The number of nitrogens with zero attached hydrogens (tertiary/aromatic N) is 3. The highest BCUT2D eigenvalue weighted by Gasteiger charge is 2.47. The van der Waals surface area contributed by atoms with E-state index in [0.717, 1.165) is 18.5 Å². The van der Waals surface area contributed by atoms with E-state index in [0.29, 0.717) is 6.04 Å². The van der Waals surface area contributed by atoms with Crippen molar-refractivity contribution in [3.05, 3.63) is 0 Å². The zero-order valence-electron chi connectivity index (χ0n) is 13.5. The summed E-state index contributed by atoms with van der Waals surface area (Å²) in [6.45, 7) is 8.26. The Bertz CT molecular complexity index is 345. The van der Waals surface area contributed by atoms with Crippen LogP contribution in [0.15, 0.2) is 0 Å². The number of hydrogen-bond acceptors (Lipinski definition) is 4. The van der Waals surface area contributed by atoms with E-state index >= 15 is 0 Å². The van der Waals surface area contributed by atoms with Crippen molar-refractivity contribution in [2.24, 2.45) is 11.7 Å². The number of piperidine rings is 1. The Kier molecular flexibility index (Phi) is 4.10. The summed E-state index contributed by atoms with van der Waals surface area (Å²) in [7, 11) is 4.44. The molecule has 3 saturated heterocycles. The van der Waals surface area contributed by atoms with Gasteiger partial charge >= 0.3 is 0 Å². The van der Waals surface area contributed by atoms with Crippen LogP contribution in [0, 0.1) is 5.92 Å². The van der Waals surface area contributed by atoms with E-state index in [9.17, 15) is 0 Å². The Morgan fingerprint density at radius 2 is 2.05 bits per heavy atom. The number of fused-ring (bicyclic) bond motifs is 1. The molecule has 116 valence electrons. The highest BCUT2D eigenvalue weighted by Crippen LogP contribution is 2.39. The van der Waals surface area contributed by atoms with Gasteiger partial charge in [-0.1, -0.05) is 6.92 Å². The Morgan fingerprint density at radius 3 is 2.70 bits per heavy atom. The number of rotatable bonds is 3. The summed E-state index contributed by atoms with van der Waals surface area (Å²) in [6, 6.07) is 1.50. The molecule has 4 heteroatoms. The minimum atomic E-state index is 0.282. The fourth-order valence-electron chi connectivity index (χ4n) is 4.92. The average Bonchev–Trinajstić information content (AvgIpc) is 3.03. The largest absolute Gasteiger partial charge is 0.329 e. The Hall–Kier alpha value is -0.160. The van der Waals surface area contributed by atoms with Crippen LogP contribution in [0.3, 0.4) is 0 Å². The SMILES string of the molecule is CC1CN(C2(CN)CCN3CCCC3C2)CC1N(C)C. The monoisotopic (exact) mass is 280 g/mol. The molecule has 3 heterocycles. The van der Waals surface area contributed by atoms with Crippen LogP contribution < -0.4 is 5.73 Å². The molecule has 0 radical (unpaired) electrons. The summed E-state index contributed by atoms with van der Waals surface area (Å²) in [6.07, 6.45) is 5.35. The Labute approximate surface area is 124 Å². The maximum Gasteiger partial charge on any atom is 0.0359 e. The predicted molar refractivity (Wildman–Crippen MR) is 83.8 cm³/mol. The molecule has 0 aromatic rings. The molecular formula is C16H32N4. The predicted octanol–water partition coefficient (Wildman–Crippen LogP) is 0.824. The number of likely N-dealkylation sites (tertiary alicyclic amines) is 1. The van der Waals surface area contributed by atoms with Crippen LogP contribution in [0.4, 0.5) is 0 Å². The second kappa shape index (κ2) is 5.56. The maximum atomic E-state index is 6.29. The van der Waals surface area contributed by atoms with Crippen molar-refractivity contribution in [2.45, 2.75) is 50.2 Å². The normalized spacial score (nSPS) is 43.4. The molecule has 4 nitrogen and oxygen atoms in total. The van der Waals surface area contributed by atoms with Gasteiger partial charge in [0.25, 0.3) is 0 Å². The molecular weight excluding hydrogens is 248 g/mol. The minimum absolute atomic E-state index is 0.282. The van der Waals surface area contributed by atoms with Gasteiger partial charge in [-0.15, -0.1) is 0 Å². The van der Waals surface area contributed by atoms with Gasteiger partial charge in [-0.3, -0.25) is 4.90 Å². The van der Waals surface area contributed by atoms with E-state index in [1.165, 1.54) is 51.9 Å². The smallest absolute Gasteiger partial charge is 0.0359 e. The first kappa shape index (κ1) is 14.8. The lowest BCUT2D eigenvalue weighted by Crippen LogP contribution is -2.60. The van der Waals surface area contributed by atoms with Crippen molar-refractivity contribution in [3.63, 3.8) is 0 Å². The van der Waals surface area contributed by atoms with Crippen molar-refractivity contribution in [1.29, 1.82) is 0 Å². The Balaban J connectivity index is 1.73. The maximum absolute atomic E-state index is 6.29. The third kappa shape index (κ3) is 2.41. The van der Waals surface area contributed by atoms with Crippen LogP contribution in [0.5, 0.6) is 0 Å². The average molecular weight is 280 g/mol. The Morgan fingerprint density at radius 1 is 1.25 bits per heavy atom. The van der Waals surface area contributed by atoms with Gasteiger partial charge in [0.05, 0.1) is 0 Å². The molecule has 0 spiro atoms. The van der Waals surface area contributed by atoms with Gasteiger partial charge in [0, 0.05) is 43.8 Å². The summed E-state index contributed by atoms with van der Waals surface area (Å²) >= 11 is 0. The lowest BCUT2D eigenvalue weighted by Gasteiger charge is -2.49. The molecule has 3 aliphatic heterocycles. The lowest BCUT2D eigenvalue weighted by molar-refractivity contribution is 0.0209. The third-order valence-corrected chi connectivity index (χ3v) is 6.27. The van der Waals surface area contributed by atoms with E-state index in [1.54, 1.807) is 0 Å². The molecule has 0 amide bonds. The second-order valence-corrected chi connectivity index (χ2v) is 7.63. The van der Waals surface area contributed by atoms with E-state index in [-0.39, 0.29) is 5.54 Å². The number of nitrogens with two attached hydrogens (primary N) is 1. The first-order chi connectivity index (χ1) is 9.55. The third-order valence-electron chi connectivity index (χ3n) is 6.27. The molecule has 4 atom stereocenters. The van der Waals surface area contributed by atoms with E-state index in [4.69, 9.17) is 5.73 Å². The molecule has 3 aliphatic rings. The van der Waals surface area contributed by atoms with Gasteiger partial charge in [-0.2, -0.15) is 0 Å². The van der Waals surface area contributed by atoms with Crippen molar-refractivity contribution in [2.75, 3.05) is 46.8 Å². The number of likely N-dealkylation sites (N-methyl/N-ethyl adjacent to an activating group) is 1. The van der Waals surface area contributed by atoms with Crippen molar-refractivity contribution in [3.8, 4) is 0 Å². The zero-order valence-corrected chi connectivity index (χ0v) is 13.5. The molecule has 0 aliphatic carbocycles. The van der Waals surface area contributed by atoms with Crippen LogP contribution in [-0.4, -0.2) is 79.1 Å². The lowest BCUT2D eigenvalue weighted by atomic mass is 9.82. The summed E-state index contributed by atoms with van der Waals surface area (Å²) in [4.78, 5) is 7.86. The summed E-state index contributed by atoms with van der Waals surface area (Å²) in [5.74, 6) is 0.759. The number of hydrogen-bond donors (Lipinski definition) is 1. The van der Waals surface area contributed by atoms with Crippen LogP contribution in [0.1, 0.15) is 32.6 Å². The fourth-order valence-corrected chi connectivity index (χ4v) is 4.92. The first-order valence-corrected chi connectivity index (χ1v) is 8.41. The molecule has 2 N–H and O–H groups in total.